The summed E-state index contributed by atoms with van der Waals surface area (Å²) in [5, 5.41) is 20.1. The summed E-state index contributed by atoms with van der Waals surface area (Å²) in [6, 6.07) is 7.12. The molecule has 1 aromatic carbocycles. The number of hydrogen-bond acceptors (Lipinski definition) is 5. The molecule has 6 heteroatoms. The average molecular weight is 283 g/mol. The van der Waals surface area contributed by atoms with Crippen LogP contribution in [0.2, 0.25) is 0 Å². The number of anilines is 1. The molecule has 0 saturated heterocycles. The summed E-state index contributed by atoms with van der Waals surface area (Å²) in [5.41, 5.74) is 3.56. The highest BCUT2D eigenvalue weighted by Gasteiger charge is 2.13. The van der Waals surface area contributed by atoms with Gasteiger partial charge in [0.15, 0.2) is 11.3 Å². The third-order valence-electron chi connectivity index (χ3n) is 3.31. The van der Waals surface area contributed by atoms with E-state index in [-0.39, 0.29) is 5.75 Å². The monoisotopic (exact) mass is 283 g/mol. The first kappa shape index (κ1) is 13.4. The third-order valence-corrected chi connectivity index (χ3v) is 3.31. The number of rotatable bonds is 4. The zero-order valence-corrected chi connectivity index (χ0v) is 12.0. The summed E-state index contributed by atoms with van der Waals surface area (Å²) in [6.45, 7) is 4.74. The molecule has 0 fully saturated rings. The van der Waals surface area contributed by atoms with Crippen LogP contribution in [0.3, 0.4) is 0 Å². The molecule has 0 unspecified atom stereocenters. The Balaban J connectivity index is 1.87. The molecule has 0 aliphatic rings. The van der Waals surface area contributed by atoms with Crippen LogP contribution in [0.15, 0.2) is 30.6 Å². The van der Waals surface area contributed by atoms with E-state index in [2.05, 4.69) is 39.3 Å². The summed E-state index contributed by atoms with van der Waals surface area (Å²) < 4.78 is 0. The molecule has 0 saturated carbocycles. The highest BCUT2D eigenvalue weighted by atomic mass is 16.3. The predicted molar refractivity (Wildman–Crippen MR) is 81.2 cm³/mol. The molecule has 0 radical (unpaired) electrons. The van der Waals surface area contributed by atoms with Crippen molar-refractivity contribution in [3.63, 3.8) is 0 Å². The molecule has 0 aliphatic heterocycles. The van der Waals surface area contributed by atoms with E-state index in [1.54, 1.807) is 12.1 Å². The quantitative estimate of drug-likeness (QED) is 0.685. The van der Waals surface area contributed by atoms with E-state index in [1.807, 2.05) is 12.1 Å². The Labute approximate surface area is 122 Å². The summed E-state index contributed by atoms with van der Waals surface area (Å²) in [6.07, 6.45) is 1.54. The van der Waals surface area contributed by atoms with Crippen LogP contribution in [0.25, 0.3) is 11.0 Å². The van der Waals surface area contributed by atoms with Gasteiger partial charge in [0.05, 0.1) is 5.69 Å². The third kappa shape index (κ3) is 2.65. The van der Waals surface area contributed by atoms with E-state index >= 15 is 0 Å². The second kappa shape index (κ2) is 5.40. The van der Waals surface area contributed by atoms with Crippen LogP contribution in [-0.4, -0.2) is 25.3 Å². The lowest BCUT2D eigenvalue weighted by atomic mass is 10.1. The Kier molecular flexibility index (Phi) is 3.43. The van der Waals surface area contributed by atoms with Crippen LogP contribution in [0.1, 0.15) is 31.0 Å². The zero-order chi connectivity index (χ0) is 14.8. The van der Waals surface area contributed by atoms with Crippen molar-refractivity contribution in [1.29, 1.82) is 0 Å². The second-order valence-corrected chi connectivity index (χ2v) is 5.23. The topological polar surface area (TPSA) is 86.7 Å². The molecule has 0 bridgehead atoms. The van der Waals surface area contributed by atoms with Crippen molar-refractivity contribution in [2.75, 3.05) is 5.32 Å². The first-order chi connectivity index (χ1) is 10.1. The Morgan fingerprint density at radius 3 is 2.86 bits per heavy atom. The van der Waals surface area contributed by atoms with Gasteiger partial charge in [-0.05, 0) is 23.6 Å². The van der Waals surface area contributed by atoms with E-state index in [0.29, 0.717) is 18.3 Å². The predicted octanol–water partition coefficient (Wildman–Crippen LogP) is 2.79. The van der Waals surface area contributed by atoms with Crippen molar-refractivity contribution in [2.45, 2.75) is 26.3 Å². The normalized spacial score (nSPS) is 11.2. The first-order valence-electron chi connectivity index (χ1n) is 6.86. The fourth-order valence-electron chi connectivity index (χ4n) is 2.23. The van der Waals surface area contributed by atoms with Crippen LogP contribution in [0.5, 0.6) is 5.75 Å². The van der Waals surface area contributed by atoms with E-state index in [0.717, 1.165) is 22.3 Å². The van der Waals surface area contributed by atoms with Crippen LogP contribution < -0.4 is 5.32 Å². The van der Waals surface area contributed by atoms with Crippen LogP contribution in [-0.2, 0) is 6.54 Å². The van der Waals surface area contributed by atoms with Crippen molar-refractivity contribution in [2.24, 2.45) is 0 Å². The number of aromatic hydroxyl groups is 1. The molecule has 2 heterocycles. The van der Waals surface area contributed by atoms with Crippen LogP contribution in [0.4, 0.5) is 5.82 Å². The van der Waals surface area contributed by atoms with Crippen LogP contribution in [0, 0.1) is 0 Å². The minimum absolute atomic E-state index is 0.254. The van der Waals surface area contributed by atoms with Gasteiger partial charge in [0.1, 0.15) is 17.6 Å². The second-order valence-electron chi connectivity index (χ2n) is 5.23. The van der Waals surface area contributed by atoms with Gasteiger partial charge in [-0.15, -0.1) is 0 Å². The number of nitrogens with zero attached hydrogens (tertiary/aromatic N) is 3. The van der Waals surface area contributed by atoms with E-state index in [4.69, 9.17) is 0 Å². The van der Waals surface area contributed by atoms with Crippen molar-refractivity contribution in [1.82, 2.24) is 20.2 Å². The van der Waals surface area contributed by atoms with Crippen molar-refractivity contribution < 1.29 is 5.11 Å². The van der Waals surface area contributed by atoms with Gasteiger partial charge in [-0.1, -0.05) is 26.0 Å². The highest BCUT2D eigenvalue weighted by Crippen LogP contribution is 2.24. The van der Waals surface area contributed by atoms with Gasteiger partial charge in [-0.25, -0.2) is 9.97 Å². The number of fused-ring (bicyclic) bond motifs is 1. The summed E-state index contributed by atoms with van der Waals surface area (Å²) >= 11 is 0. The fourth-order valence-corrected chi connectivity index (χ4v) is 2.23. The largest absolute Gasteiger partial charge is 0.508 e. The lowest BCUT2D eigenvalue weighted by Gasteiger charge is -2.06. The fraction of sp³-hybridized carbons (Fsp3) is 0.267. The summed E-state index contributed by atoms with van der Waals surface area (Å²) in [5.74, 6) is 1.26. The number of H-pyrrole nitrogens is 1. The minimum Gasteiger partial charge on any atom is -0.508 e. The Morgan fingerprint density at radius 1 is 1.24 bits per heavy atom. The summed E-state index contributed by atoms with van der Waals surface area (Å²) in [4.78, 5) is 8.56. The molecule has 0 amide bonds. The van der Waals surface area contributed by atoms with Gasteiger partial charge >= 0.3 is 0 Å². The van der Waals surface area contributed by atoms with Crippen molar-refractivity contribution >= 4 is 16.9 Å². The van der Waals surface area contributed by atoms with Crippen molar-refractivity contribution in [3.05, 3.63) is 41.9 Å². The zero-order valence-electron chi connectivity index (χ0n) is 12.0. The van der Waals surface area contributed by atoms with E-state index in [1.165, 1.54) is 6.33 Å². The molecule has 2 aromatic heterocycles. The van der Waals surface area contributed by atoms with Gasteiger partial charge in [0.2, 0.25) is 0 Å². The first-order valence-corrected chi connectivity index (χ1v) is 6.86. The highest BCUT2D eigenvalue weighted by molar-refractivity contribution is 5.86. The standard InChI is InChI=1S/C15H17N5O/c1-9(2)12-13-14(20-19-12)15(18-8-17-13)16-7-10-4-3-5-11(21)6-10/h3-6,8-9,21H,7H2,1-2H3,(H,19,20)(H,16,17,18). The molecule has 6 nitrogen and oxygen atoms in total. The number of phenolic OH excluding ortho intramolecular Hbond substituents is 1. The van der Waals surface area contributed by atoms with Crippen molar-refractivity contribution in [3.8, 4) is 5.75 Å². The van der Waals surface area contributed by atoms with Crippen LogP contribution >= 0.6 is 0 Å². The van der Waals surface area contributed by atoms with Gasteiger partial charge in [0, 0.05) is 6.54 Å². The molecular formula is C15H17N5O. The number of nitrogens with one attached hydrogen (secondary N) is 2. The van der Waals surface area contributed by atoms with Gasteiger partial charge in [-0.2, -0.15) is 5.10 Å². The number of aromatic nitrogens is 4. The number of phenols is 1. The average Bonchev–Trinajstić information content (AvgIpc) is 2.90. The number of aromatic amines is 1. The van der Waals surface area contributed by atoms with E-state index < -0.39 is 0 Å². The molecule has 0 aliphatic carbocycles. The van der Waals surface area contributed by atoms with Gasteiger partial charge < -0.3 is 10.4 Å². The lowest BCUT2D eigenvalue weighted by Crippen LogP contribution is -2.02. The smallest absolute Gasteiger partial charge is 0.158 e. The SMILES string of the molecule is CC(C)c1[nH]nc2c(NCc3cccc(O)c3)ncnc12. The Hall–Kier alpha value is -2.63. The number of hydrogen-bond donors (Lipinski definition) is 3. The molecule has 3 aromatic rings. The van der Waals surface area contributed by atoms with Gasteiger partial charge in [-0.3, -0.25) is 5.10 Å². The molecular weight excluding hydrogens is 266 g/mol. The molecule has 108 valence electrons. The molecule has 0 spiro atoms. The lowest BCUT2D eigenvalue weighted by molar-refractivity contribution is 0.474. The molecule has 0 atom stereocenters. The van der Waals surface area contributed by atoms with Gasteiger partial charge in [0.25, 0.3) is 0 Å². The molecule has 3 rings (SSSR count). The maximum absolute atomic E-state index is 9.48. The maximum atomic E-state index is 9.48. The maximum Gasteiger partial charge on any atom is 0.158 e. The molecule has 21 heavy (non-hydrogen) atoms. The Bertz CT molecular complexity index is 766. The minimum atomic E-state index is 0.254. The molecule has 3 N–H and O–H groups in total. The number of benzene rings is 1. The van der Waals surface area contributed by atoms with E-state index in [9.17, 15) is 5.11 Å². The Morgan fingerprint density at radius 2 is 2.10 bits per heavy atom. The summed E-state index contributed by atoms with van der Waals surface area (Å²) in [7, 11) is 0.